The van der Waals surface area contributed by atoms with Crippen LogP contribution in [-0.2, 0) is 19.4 Å². The SMILES string of the molecule is CC(C)(C)NCc1ccc(Oc2ccc3c(c2)CCC3)cc1. The Kier molecular flexibility index (Phi) is 4.21. The van der Waals surface area contributed by atoms with Gasteiger partial charge in [-0.15, -0.1) is 0 Å². The number of rotatable bonds is 4. The van der Waals surface area contributed by atoms with Gasteiger partial charge in [0.05, 0.1) is 0 Å². The van der Waals surface area contributed by atoms with Gasteiger partial charge < -0.3 is 10.1 Å². The highest BCUT2D eigenvalue weighted by Gasteiger charge is 2.11. The molecule has 0 aliphatic heterocycles. The molecule has 0 saturated carbocycles. The molecule has 2 heteroatoms. The fourth-order valence-corrected chi connectivity index (χ4v) is 2.79. The normalized spacial score (nSPS) is 14.0. The summed E-state index contributed by atoms with van der Waals surface area (Å²) in [7, 11) is 0. The number of hydrogen-bond acceptors (Lipinski definition) is 2. The highest BCUT2D eigenvalue weighted by molar-refractivity contribution is 5.41. The van der Waals surface area contributed by atoms with Crippen LogP contribution in [0.25, 0.3) is 0 Å². The van der Waals surface area contributed by atoms with Gasteiger partial charge >= 0.3 is 0 Å². The average Bonchev–Trinajstić information content (AvgIpc) is 2.93. The largest absolute Gasteiger partial charge is 0.457 e. The van der Waals surface area contributed by atoms with E-state index in [-0.39, 0.29) is 5.54 Å². The number of nitrogens with one attached hydrogen (secondary N) is 1. The Morgan fingerprint density at radius 3 is 2.32 bits per heavy atom. The van der Waals surface area contributed by atoms with Crippen molar-refractivity contribution in [1.82, 2.24) is 5.32 Å². The van der Waals surface area contributed by atoms with E-state index in [1.165, 1.54) is 36.0 Å². The van der Waals surface area contributed by atoms with Crippen LogP contribution in [0.4, 0.5) is 0 Å². The average molecular weight is 295 g/mol. The van der Waals surface area contributed by atoms with Crippen molar-refractivity contribution >= 4 is 0 Å². The maximum Gasteiger partial charge on any atom is 0.127 e. The van der Waals surface area contributed by atoms with E-state index in [0.717, 1.165) is 18.0 Å². The van der Waals surface area contributed by atoms with E-state index in [1.807, 2.05) is 12.1 Å². The lowest BCUT2D eigenvalue weighted by Crippen LogP contribution is -2.34. The first-order valence-electron chi connectivity index (χ1n) is 8.13. The second-order valence-corrected chi connectivity index (χ2v) is 7.13. The number of aryl methyl sites for hydroxylation is 2. The van der Waals surface area contributed by atoms with Crippen molar-refractivity contribution in [2.24, 2.45) is 0 Å². The van der Waals surface area contributed by atoms with Crippen molar-refractivity contribution in [2.75, 3.05) is 0 Å². The van der Waals surface area contributed by atoms with Crippen LogP contribution in [0.3, 0.4) is 0 Å². The summed E-state index contributed by atoms with van der Waals surface area (Å²) in [6, 6.07) is 14.8. The topological polar surface area (TPSA) is 21.3 Å². The van der Waals surface area contributed by atoms with Crippen LogP contribution in [-0.4, -0.2) is 5.54 Å². The van der Waals surface area contributed by atoms with Crippen molar-refractivity contribution < 1.29 is 4.74 Å². The third-order valence-corrected chi connectivity index (χ3v) is 4.05. The van der Waals surface area contributed by atoms with Gasteiger partial charge in [0.1, 0.15) is 11.5 Å². The van der Waals surface area contributed by atoms with Crippen LogP contribution >= 0.6 is 0 Å². The molecule has 0 amide bonds. The molecular formula is C20H25NO. The quantitative estimate of drug-likeness (QED) is 0.870. The summed E-state index contributed by atoms with van der Waals surface area (Å²) in [6.45, 7) is 7.41. The first-order chi connectivity index (χ1) is 10.5. The molecule has 116 valence electrons. The van der Waals surface area contributed by atoms with Crippen molar-refractivity contribution in [2.45, 2.75) is 52.1 Å². The van der Waals surface area contributed by atoms with Crippen LogP contribution in [0.1, 0.15) is 43.9 Å². The molecule has 0 radical (unpaired) electrons. The van der Waals surface area contributed by atoms with E-state index in [2.05, 4.69) is 56.4 Å². The Balaban J connectivity index is 1.63. The molecule has 2 aromatic rings. The molecule has 1 N–H and O–H groups in total. The molecule has 1 aliphatic rings. The zero-order chi connectivity index (χ0) is 15.6. The maximum atomic E-state index is 5.98. The summed E-state index contributed by atoms with van der Waals surface area (Å²) in [4.78, 5) is 0. The highest BCUT2D eigenvalue weighted by Crippen LogP contribution is 2.29. The summed E-state index contributed by atoms with van der Waals surface area (Å²) in [5.41, 5.74) is 4.34. The van der Waals surface area contributed by atoms with Crippen molar-refractivity contribution in [1.29, 1.82) is 0 Å². The smallest absolute Gasteiger partial charge is 0.127 e. The minimum Gasteiger partial charge on any atom is -0.457 e. The minimum absolute atomic E-state index is 0.138. The molecule has 0 aromatic heterocycles. The maximum absolute atomic E-state index is 5.98. The summed E-state index contributed by atoms with van der Waals surface area (Å²) in [5.74, 6) is 1.85. The number of benzene rings is 2. The Bertz CT molecular complexity index is 638. The lowest BCUT2D eigenvalue weighted by Gasteiger charge is -2.20. The fraction of sp³-hybridized carbons (Fsp3) is 0.400. The molecule has 0 atom stereocenters. The second-order valence-electron chi connectivity index (χ2n) is 7.13. The summed E-state index contributed by atoms with van der Waals surface area (Å²) in [6.07, 6.45) is 3.67. The van der Waals surface area contributed by atoms with Gasteiger partial charge in [-0.25, -0.2) is 0 Å². The molecule has 2 nitrogen and oxygen atoms in total. The zero-order valence-corrected chi connectivity index (χ0v) is 13.8. The standard InChI is InChI=1S/C20H25NO/c1-20(2,3)21-14-15-7-10-18(11-8-15)22-19-12-9-16-5-4-6-17(16)13-19/h7-13,21H,4-6,14H2,1-3H3. The first-order valence-corrected chi connectivity index (χ1v) is 8.13. The molecule has 0 heterocycles. The third kappa shape index (κ3) is 3.89. The van der Waals surface area contributed by atoms with E-state index in [9.17, 15) is 0 Å². The number of hydrogen-bond donors (Lipinski definition) is 1. The fourth-order valence-electron chi connectivity index (χ4n) is 2.79. The summed E-state index contributed by atoms with van der Waals surface area (Å²) in [5, 5.41) is 3.49. The minimum atomic E-state index is 0.138. The second kappa shape index (κ2) is 6.13. The van der Waals surface area contributed by atoms with Gasteiger partial charge in [-0.3, -0.25) is 0 Å². The highest BCUT2D eigenvalue weighted by atomic mass is 16.5. The predicted molar refractivity (Wildman–Crippen MR) is 91.6 cm³/mol. The number of fused-ring (bicyclic) bond motifs is 1. The lowest BCUT2D eigenvalue weighted by atomic mass is 10.1. The van der Waals surface area contributed by atoms with E-state index in [1.54, 1.807) is 0 Å². The van der Waals surface area contributed by atoms with Gasteiger partial charge in [-0.1, -0.05) is 18.2 Å². The molecule has 0 spiro atoms. The van der Waals surface area contributed by atoms with E-state index < -0.39 is 0 Å². The molecule has 0 unspecified atom stereocenters. The lowest BCUT2D eigenvalue weighted by molar-refractivity contribution is 0.424. The predicted octanol–water partition coefficient (Wildman–Crippen LogP) is 4.86. The van der Waals surface area contributed by atoms with Crippen molar-refractivity contribution in [3.05, 3.63) is 59.2 Å². The van der Waals surface area contributed by atoms with Gasteiger partial charge in [0, 0.05) is 12.1 Å². The Morgan fingerprint density at radius 1 is 0.909 bits per heavy atom. The zero-order valence-electron chi connectivity index (χ0n) is 13.8. The van der Waals surface area contributed by atoms with Gasteiger partial charge in [-0.2, -0.15) is 0 Å². The van der Waals surface area contributed by atoms with Gasteiger partial charge in [0.2, 0.25) is 0 Å². The molecule has 0 bridgehead atoms. The number of ether oxygens (including phenoxy) is 1. The Morgan fingerprint density at radius 2 is 1.59 bits per heavy atom. The van der Waals surface area contributed by atoms with Crippen molar-refractivity contribution in [3.8, 4) is 11.5 Å². The molecule has 2 aromatic carbocycles. The molecular weight excluding hydrogens is 270 g/mol. The van der Waals surface area contributed by atoms with Gasteiger partial charge in [-0.05, 0) is 81.0 Å². The molecule has 22 heavy (non-hydrogen) atoms. The van der Waals surface area contributed by atoms with Gasteiger partial charge in [0.15, 0.2) is 0 Å². The molecule has 0 fully saturated rings. The summed E-state index contributed by atoms with van der Waals surface area (Å²) >= 11 is 0. The van der Waals surface area contributed by atoms with E-state index in [0.29, 0.717) is 0 Å². The van der Waals surface area contributed by atoms with Crippen LogP contribution in [0.2, 0.25) is 0 Å². The molecule has 3 rings (SSSR count). The van der Waals surface area contributed by atoms with Crippen LogP contribution in [0.5, 0.6) is 11.5 Å². The van der Waals surface area contributed by atoms with Crippen molar-refractivity contribution in [3.63, 3.8) is 0 Å². The Labute approximate surface area is 133 Å². The monoisotopic (exact) mass is 295 g/mol. The Hall–Kier alpha value is -1.80. The van der Waals surface area contributed by atoms with Crippen LogP contribution in [0, 0.1) is 0 Å². The third-order valence-electron chi connectivity index (χ3n) is 4.05. The van der Waals surface area contributed by atoms with E-state index in [4.69, 9.17) is 4.74 Å². The molecule has 0 saturated heterocycles. The molecule has 1 aliphatic carbocycles. The van der Waals surface area contributed by atoms with E-state index >= 15 is 0 Å². The van der Waals surface area contributed by atoms with Gasteiger partial charge in [0.25, 0.3) is 0 Å². The summed E-state index contributed by atoms with van der Waals surface area (Å²) < 4.78 is 5.98. The van der Waals surface area contributed by atoms with Crippen LogP contribution in [0.15, 0.2) is 42.5 Å². The van der Waals surface area contributed by atoms with Crippen LogP contribution < -0.4 is 10.1 Å². The first kappa shape index (κ1) is 15.1.